The smallest absolute Gasteiger partial charge is 0.226 e. The van der Waals surface area contributed by atoms with Gasteiger partial charge >= 0.3 is 0 Å². The average Bonchev–Trinajstić information content (AvgIpc) is 2.72. The fourth-order valence-electron chi connectivity index (χ4n) is 5.19. The van der Waals surface area contributed by atoms with Crippen LogP contribution in [0.5, 0.6) is 0 Å². The number of nitrogens with zero attached hydrogens (tertiary/aromatic N) is 4. The van der Waals surface area contributed by atoms with Gasteiger partial charge < -0.3 is 15.5 Å². The third-order valence-corrected chi connectivity index (χ3v) is 6.06. The highest BCUT2D eigenvalue weighted by molar-refractivity contribution is 5.79. The first-order valence-electron chi connectivity index (χ1n) is 11.5. The summed E-state index contributed by atoms with van der Waals surface area (Å²) in [6.07, 6.45) is 10.6. The van der Waals surface area contributed by atoms with E-state index in [1.165, 1.54) is 5.57 Å². The summed E-state index contributed by atoms with van der Waals surface area (Å²) in [5.74, 6) is 1.88. The summed E-state index contributed by atoms with van der Waals surface area (Å²) in [5, 5.41) is 6.85. The molecular weight excluding hydrogens is 400 g/mol. The van der Waals surface area contributed by atoms with E-state index < -0.39 is 0 Å². The topological polar surface area (TPSA) is 83.0 Å². The van der Waals surface area contributed by atoms with Gasteiger partial charge in [0.1, 0.15) is 11.6 Å². The molecule has 0 saturated carbocycles. The maximum atomic E-state index is 13.2. The highest BCUT2D eigenvalue weighted by atomic mass is 16.2. The monoisotopic (exact) mass is 434 g/mol. The van der Waals surface area contributed by atoms with Crippen molar-refractivity contribution < 1.29 is 4.79 Å². The second-order valence-electron chi connectivity index (χ2n) is 10.2. The van der Waals surface area contributed by atoms with Crippen molar-refractivity contribution >= 4 is 17.5 Å². The summed E-state index contributed by atoms with van der Waals surface area (Å²) >= 11 is 0. The minimum absolute atomic E-state index is 0.00120. The van der Waals surface area contributed by atoms with E-state index in [1.807, 2.05) is 17.0 Å². The number of hydrogen-bond donors (Lipinski definition) is 2. The van der Waals surface area contributed by atoms with E-state index in [0.717, 1.165) is 43.9 Å². The van der Waals surface area contributed by atoms with Gasteiger partial charge in [-0.3, -0.25) is 9.78 Å². The molecule has 0 aromatic carbocycles. The van der Waals surface area contributed by atoms with Gasteiger partial charge in [-0.1, -0.05) is 17.7 Å². The van der Waals surface area contributed by atoms with Crippen LogP contribution in [0, 0.1) is 0 Å². The van der Waals surface area contributed by atoms with Gasteiger partial charge in [-0.25, -0.2) is 9.97 Å². The zero-order chi connectivity index (χ0) is 22.8. The molecule has 170 valence electrons. The van der Waals surface area contributed by atoms with E-state index in [4.69, 9.17) is 4.98 Å². The third-order valence-electron chi connectivity index (χ3n) is 6.06. The van der Waals surface area contributed by atoms with Gasteiger partial charge in [0.15, 0.2) is 0 Å². The number of pyridine rings is 1. The lowest BCUT2D eigenvalue weighted by molar-refractivity contribution is -0.131. The van der Waals surface area contributed by atoms with Gasteiger partial charge in [-0.05, 0) is 59.1 Å². The average molecular weight is 435 g/mol. The number of amides is 1. The zero-order valence-electron chi connectivity index (χ0n) is 19.6. The van der Waals surface area contributed by atoms with Crippen LogP contribution in [0.3, 0.4) is 0 Å². The van der Waals surface area contributed by atoms with E-state index in [2.05, 4.69) is 60.4 Å². The second-order valence-corrected chi connectivity index (χ2v) is 10.2. The minimum atomic E-state index is -0.0950. The molecule has 7 heteroatoms. The van der Waals surface area contributed by atoms with Crippen molar-refractivity contribution in [2.24, 2.45) is 0 Å². The summed E-state index contributed by atoms with van der Waals surface area (Å²) in [6, 6.07) is 5.99. The van der Waals surface area contributed by atoms with Crippen LogP contribution >= 0.6 is 0 Å². The van der Waals surface area contributed by atoms with Crippen molar-refractivity contribution in [1.29, 1.82) is 0 Å². The van der Waals surface area contributed by atoms with Crippen LogP contribution in [0.1, 0.15) is 65.0 Å². The quantitative estimate of drug-likeness (QED) is 0.687. The SMILES string of the molecule is CC1(C)C=C(CC(=O)N2CCC[C@H](c3cccc(Nc4cnccn4)n3)C2)CC(C)(C)N1. The molecule has 2 N–H and O–H groups in total. The van der Waals surface area contributed by atoms with Gasteiger partial charge in [-0.2, -0.15) is 0 Å². The molecule has 1 atom stereocenters. The molecule has 2 aromatic heterocycles. The first-order valence-corrected chi connectivity index (χ1v) is 11.5. The van der Waals surface area contributed by atoms with E-state index in [9.17, 15) is 4.79 Å². The maximum absolute atomic E-state index is 13.2. The fraction of sp³-hybridized carbons (Fsp3) is 0.520. The van der Waals surface area contributed by atoms with Crippen molar-refractivity contribution in [3.63, 3.8) is 0 Å². The van der Waals surface area contributed by atoms with Crippen molar-refractivity contribution in [2.45, 2.75) is 70.4 Å². The molecule has 1 saturated heterocycles. The maximum Gasteiger partial charge on any atom is 0.226 e. The molecule has 0 radical (unpaired) electrons. The molecule has 0 aliphatic carbocycles. The van der Waals surface area contributed by atoms with Crippen molar-refractivity contribution in [3.05, 3.63) is 54.1 Å². The number of aromatic nitrogens is 3. The molecule has 0 unspecified atom stereocenters. The molecule has 4 heterocycles. The predicted molar refractivity (Wildman–Crippen MR) is 127 cm³/mol. The van der Waals surface area contributed by atoms with Crippen LogP contribution in [-0.4, -0.2) is 49.9 Å². The van der Waals surface area contributed by atoms with Crippen LogP contribution in [0.4, 0.5) is 11.6 Å². The third kappa shape index (κ3) is 5.71. The first-order chi connectivity index (χ1) is 15.2. The Bertz CT molecular complexity index is 985. The number of anilines is 2. The van der Waals surface area contributed by atoms with Crippen LogP contribution in [0.2, 0.25) is 0 Å². The summed E-state index contributed by atoms with van der Waals surface area (Å²) in [7, 11) is 0. The Morgan fingerprint density at radius 3 is 2.81 bits per heavy atom. The molecule has 7 nitrogen and oxygen atoms in total. The summed E-state index contributed by atoms with van der Waals surface area (Å²) in [6.45, 7) is 10.3. The normalized spacial score (nSPS) is 22.2. The number of carbonyl (C=O) groups excluding carboxylic acids is 1. The zero-order valence-corrected chi connectivity index (χ0v) is 19.6. The van der Waals surface area contributed by atoms with Crippen molar-refractivity contribution in [2.75, 3.05) is 18.4 Å². The van der Waals surface area contributed by atoms with Crippen LogP contribution in [0.15, 0.2) is 48.4 Å². The Hall–Kier alpha value is -2.80. The standard InChI is InChI=1S/C25H34N6O/c1-24(2)14-18(15-25(3,4)30-24)13-23(32)31-12-6-7-19(17-31)20-8-5-9-21(28-20)29-22-16-26-10-11-27-22/h5,8-11,14,16,19,30H,6-7,12-13,15,17H2,1-4H3,(H,27,28,29)/t19-/m0/s1. The van der Waals surface area contributed by atoms with Crippen molar-refractivity contribution in [3.8, 4) is 0 Å². The fourth-order valence-corrected chi connectivity index (χ4v) is 5.19. The Kier molecular flexibility index (Phi) is 6.29. The summed E-state index contributed by atoms with van der Waals surface area (Å²) in [5.41, 5.74) is 2.15. The molecular formula is C25H34N6O. The number of carbonyl (C=O) groups is 1. The van der Waals surface area contributed by atoms with Crippen LogP contribution in [0.25, 0.3) is 0 Å². The molecule has 1 amide bonds. The summed E-state index contributed by atoms with van der Waals surface area (Å²) < 4.78 is 0. The Balaban J connectivity index is 1.42. The van der Waals surface area contributed by atoms with E-state index >= 15 is 0 Å². The van der Waals surface area contributed by atoms with Crippen molar-refractivity contribution in [1.82, 2.24) is 25.2 Å². The number of piperidine rings is 1. The minimum Gasteiger partial charge on any atom is -0.342 e. The molecule has 2 aliphatic rings. The molecule has 4 rings (SSSR count). The highest BCUT2D eigenvalue weighted by Gasteiger charge is 2.34. The molecule has 0 bridgehead atoms. The highest BCUT2D eigenvalue weighted by Crippen LogP contribution is 2.31. The molecule has 1 fully saturated rings. The molecule has 0 spiro atoms. The first kappa shape index (κ1) is 22.4. The lowest BCUT2D eigenvalue weighted by atomic mass is 9.82. The van der Waals surface area contributed by atoms with Gasteiger partial charge in [0, 0.05) is 54.6 Å². The number of hydrogen-bond acceptors (Lipinski definition) is 6. The van der Waals surface area contributed by atoms with E-state index in [1.54, 1.807) is 18.6 Å². The Morgan fingerprint density at radius 1 is 1.22 bits per heavy atom. The number of likely N-dealkylation sites (tertiary alicyclic amines) is 1. The van der Waals surface area contributed by atoms with E-state index in [0.29, 0.717) is 12.2 Å². The lowest BCUT2D eigenvalue weighted by Gasteiger charge is -2.41. The predicted octanol–water partition coefficient (Wildman–Crippen LogP) is 4.19. The number of rotatable bonds is 5. The van der Waals surface area contributed by atoms with Gasteiger partial charge in [0.05, 0.1) is 6.20 Å². The largest absolute Gasteiger partial charge is 0.342 e. The Morgan fingerprint density at radius 2 is 2.06 bits per heavy atom. The summed E-state index contributed by atoms with van der Waals surface area (Å²) in [4.78, 5) is 28.4. The van der Waals surface area contributed by atoms with Gasteiger partial charge in [0.2, 0.25) is 5.91 Å². The molecule has 32 heavy (non-hydrogen) atoms. The van der Waals surface area contributed by atoms with E-state index in [-0.39, 0.29) is 22.9 Å². The molecule has 2 aromatic rings. The second kappa shape index (κ2) is 8.98. The lowest BCUT2D eigenvalue weighted by Crippen LogP contribution is -2.54. The van der Waals surface area contributed by atoms with Crippen LogP contribution < -0.4 is 10.6 Å². The molecule has 2 aliphatic heterocycles. The number of nitrogens with one attached hydrogen (secondary N) is 2. The Labute approximate surface area is 190 Å². The van der Waals surface area contributed by atoms with Crippen LogP contribution in [-0.2, 0) is 4.79 Å². The van der Waals surface area contributed by atoms with Gasteiger partial charge in [0.25, 0.3) is 0 Å². The van der Waals surface area contributed by atoms with Gasteiger partial charge in [-0.15, -0.1) is 0 Å².